The van der Waals surface area contributed by atoms with Gasteiger partial charge in [0.2, 0.25) is 5.91 Å². The van der Waals surface area contributed by atoms with E-state index in [9.17, 15) is 9.18 Å². The summed E-state index contributed by atoms with van der Waals surface area (Å²) in [4.78, 5) is 15.8. The number of amides is 1. The average Bonchev–Trinajstić information content (AvgIpc) is 3.23. The van der Waals surface area contributed by atoms with Crippen molar-refractivity contribution in [3.8, 4) is 0 Å². The summed E-state index contributed by atoms with van der Waals surface area (Å²) < 4.78 is 14.0. The van der Waals surface area contributed by atoms with Crippen molar-refractivity contribution in [3.05, 3.63) is 47.9 Å². The first-order valence-corrected chi connectivity index (χ1v) is 6.81. The van der Waals surface area contributed by atoms with Gasteiger partial charge in [-0.15, -0.1) is 0 Å². The van der Waals surface area contributed by atoms with Gasteiger partial charge in [-0.1, -0.05) is 18.2 Å². The van der Waals surface area contributed by atoms with Crippen LogP contribution in [-0.4, -0.2) is 16.1 Å². The Bertz CT molecular complexity index is 612. The first-order chi connectivity index (χ1) is 10.1. The highest BCUT2D eigenvalue weighted by Crippen LogP contribution is 2.60. The van der Waals surface area contributed by atoms with Crippen LogP contribution < -0.4 is 11.2 Å². The largest absolute Gasteiger partial charge is 0.384 e. The van der Waals surface area contributed by atoms with Gasteiger partial charge in [-0.3, -0.25) is 10.0 Å². The number of anilines is 1. The molecule has 0 bridgehead atoms. The first kappa shape index (κ1) is 13.8. The molecule has 1 heterocycles. The standard InChI is InChI=1S/C15H16FN3O2/c16-10-4-2-1-3-9(10)13-12(14(13)15(20)19-21)8-5-6-11(17)18-7-8/h1-2,4-7,9,12-14,21H,3H2,(H2,17,18)(H,19,20)/t9?,12-,13-,14+/m1/s1. The number of nitrogens with zero attached hydrogens (tertiary/aromatic N) is 1. The number of nitrogens with one attached hydrogen (secondary N) is 1. The number of pyridine rings is 1. The molecule has 0 spiro atoms. The summed E-state index contributed by atoms with van der Waals surface area (Å²) in [5.74, 6) is -1.42. The summed E-state index contributed by atoms with van der Waals surface area (Å²) in [6.45, 7) is 0. The lowest BCUT2D eigenvalue weighted by Gasteiger charge is -2.15. The molecule has 1 unspecified atom stereocenters. The number of rotatable bonds is 3. The number of halogens is 1. The Morgan fingerprint density at radius 1 is 1.48 bits per heavy atom. The van der Waals surface area contributed by atoms with E-state index < -0.39 is 11.8 Å². The number of allylic oxidation sites excluding steroid dienone is 4. The van der Waals surface area contributed by atoms with Crippen molar-refractivity contribution in [2.45, 2.75) is 12.3 Å². The summed E-state index contributed by atoms with van der Waals surface area (Å²) >= 11 is 0. The number of hydrogen-bond donors (Lipinski definition) is 3. The van der Waals surface area contributed by atoms with Crippen LogP contribution in [0.15, 0.2) is 42.4 Å². The Morgan fingerprint density at radius 3 is 2.90 bits per heavy atom. The molecule has 21 heavy (non-hydrogen) atoms. The number of carbonyl (C=O) groups is 1. The molecule has 2 aliphatic carbocycles. The maximum absolute atomic E-state index is 14.0. The highest BCUT2D eigenvalue weighted by atomic mass is 19.1. The number of aromatic nitrogens is 1. The quantitative estimate of drug-likeness (QED) is 0.586. The van der Waals surface area contributed by atoms with Gasteiger partial charge in [-0.25, -0.2) is 14.9 Å². The molecule has 0 aliphatic heterocycles. The van der Waals surface area contributed by atoms with Crippen molar-refractivity contribution in [1.29, 1.82) is 0 Å². The van der Waals surface area contributed by atoms with E-state index in [0.29, 0.717) is 12.2 Å². The lowest BCUT2D eigenvalue weighted by molar-refractivity contribution is -0.131. The van der Waals surface area contributed by atoms with Crippen LogP contribution >= 0.6 is 0 Å². The zero-order valence-corrected chi connectivity index (χ0v) is 11.2. The first-order valence-electron chi connectivity index (χ1n) is 6.81. The zero-order chi connectivity index (χ0) is 15.0. The van der Waals surface area contributed by atoms with E-state index >= 15 is 0 Å². The third-order valence-electron chi connectivity index (χ3n) is 4.28. The lowest BCUT2D eigenvalue weighted by Crippen LogP contribution is -2.23. The van der Waals surface area contributed by atoms with Gasteiger partial charge in [0.25, 0.3) is 0 Å². The normalized spacial score (nSPS) is 30.7. The van der Waals surface area contributed by atoms with E-state index in [2.05, 4.69) is 4.98 Å². The Balaban J connectivity index is 1.87. The summed E-state index contributed by atoms with van der Waals surface area (Å²) in [7, 11) is 0. The fourth-order valence-electron chi connectivity index (χ4n) is 3.25. The zero-order valence-electron chi connectivity index (χ0n) is 11.2. The Labute approximate surface area is 121 Å². The molecule has 1 aromatic rings. The number of hydrogen-bond acceptors (Lipinski definition) is 4. The minimum Gasteiger partial charge on any atom is -0.384 e. The minimum atomic E-state index is -0.482. The van der Waals surface area contributed by atoms with Gasteiger partial charge in [0.1, 0.15) is 11.6 Å². The van der Waals surface area contributed by atoms with Gasteiger partial charge >= 0.3 is 0 Å². The van der Waals surface area contributed by atoms with Crippen molar-refractivity contribution in [3.63, 3.8) is 0 Å². The molecule has 3 rings (SSSR count). The number of nitrogen functional groups attached to an aromatic ring is 1. The Hall–Kier alpha value is -2.21. The Kier molecular flexibility index (Phi) is 3.47. The molecule has 0 radical (unpaired) electrons. The molecule has 4 atom stereocenters. The van der Waals surface area contributed by atoms with E-state index in [1.807, 2.05) is 6.08 Å². The highest BCUT2D eigenvalue weighted by molar-refractivity contribution is 5.82. The molecule has 2 aliphatic rings. The van der Waals surface area contributed by atoms with Crippen molar-refractivity contribution >= 4 is 11.7 Å². The van der Waals surface area contributed by atoms with Crippen molar-refractivity contribution in [2.24, 2.45) is 17.8 Å². The monoisotopic (exact) mass is 289 g/mol. The van der Waals surface area contributed by atoms with Crippen molar-refractivity contribution < 1.29 is 14.4 Å². The second-order valence-corrected chi connectivity index (χ2v) is 5.44. The predicted octanol–water partition coefficient (Wildman–Crippen LogP) is 1.93. The van der Waals surface area contributed by atoms with Gasteiger partial charge in [0.15, 0.2) is 0 Å². The van der Waals surface area contributed by atoms with E-state index in [0.717, 1.165) is 5.56 Å². The van der Waals surface area contributed by atoms with Crippen LogP contribution in [0, 0.1) is 17.8 Å². The van der Waals surface area contributed by atoms with Crippen molar-refractivity contribution in [1.82, 2.24) is 10.5 Å². The number of nitrogens with two attached hydrogens (primary N) is 1. The molecular weight excluding hydrogens is 273 g/mol. The fraction of sp³-hybridized carbons (Fsp3) is 0.333. The molecule has 4 N–H and O–H groups in total. The molecule has 6 heteroatoms. The van der Waals surface area contributed by atoms with Crippen LogP contribution in [0.5, 0.6) is 0 Å². The van der Waals surface area contributed by atoms with Crippen molar-refractivity contribution in [2.75, 3.05) is 5.73 Å². The second-order valence-electron chi connectivity index (χ2n) is 5.44. The van der Waals surface area contributed by atoms with Gasteiger partial charge < -0.3 is 5.73 Å². The molecule has 110 valence electrons. The lowest BCUT2D eigenvalue weighted by atomic mass is 9.91. The van der Waals surface area contributed by atoms with Gasteiger partial charge in [0, 0.05) is 18.0 Å². The smallest absolute Gasteiger partial charge is 0.247 e. The molecule has 0 saturated heterocycles. The van der Waals surface area contributed by atoms with E-state index in [1.165, 1.54) is 6.08 Å². The summed E-state index contributed by atoms with van der Waals surface area (Å²) in [5.41, 5.74) is 8.07. The summed E-state index contributed by atoms with van der Waals surface area (Å²) in [5, 5.41) is 8.88. The summed E-state index contributed by atoms with van der Waals surface area (Å²) in [6.07, 6.45) is 7.16. The van der Waals surface area contributed by atoms with E-state index in [-0.39, 0.29) is 23.6 Å². The van der Waals surface area contributed by atoms with Crippen LogP contribution in [-0.2, 0) is 4.79 Å². The molecular formula is C15H16FN3O2. The second kappa shape index (κ2) is 5.29. The maximum atomic E-state index is 14.0. The molecule has 0 aromatic carbocycles. The third-order valence-corrected chi connectivity index (χ3v) is 4.28. The SMILES string of the molecule is Nc1ccc([C@H]2[C@H](C(=O)NO)[C@@H]2C2CC=CC=C2F)cn1. The molecule has 1 amide bonds. The fourth-order valence-corrected chi connectivity index (χ4v) is 3.25. The maximum Gasteiger partial charge on any atom is 0.247 e. The van der Waals surface area contributed by atoms with E-state index in [4.69, 9.17) is 10.9 Å². The topological polar surface area (TPSA) is 88.2 Å². The average molecular weight is 289 g/mol. The summed E-state index contributed by atoms with van der Waals surface area (Å²) in [6, 6.07) is 3.45. The van der Waals surface area contributed by atoms with Crippen LogP contribution in [0.1, 0.15) is 17.9 Å². The minimum absolute atomic E-state index is 0.152. The van der Waals surface area contributed by atoms with Gasteiger partial charge in [0.05, 0.1) is 5.92 Å². The van der Waals surface area contributed by atoms with Crippen LogP contribution in [0.4, 0.5) is 10.2 Å². The highest BCUT2D eigenvalue weighted by Gasteiger charge is 2.59. The molecule has 1 aromatic heterocycles. The molecule has 5 nitrogen and oxygen atoms in total. The third kappa shape index (κ3) is 2.42. The predicted molar refractivity (Wildman–Crippen MR) is 74.7 cm³/mol. The molecule has 1 saturated carbocycles. The molecule has 1 fully saturated rings. The van der Waals surface area contributed by atoms with Crippen LogP contribution in [0.3, 0.4) is 0 Å². The Morgan fingerprint density at radius 2 is 2.29 bits per heavy atom. The van der Waals surface area contributed by atoms with E-state index in [1.54, 1.807) is 29.9 Å². The van der Waals surface area contributed by atoms with Gasteiger partial charge in [-0.2, -0.15) is 0 Å². The van der Waals surface area contributed by atoms with Crippen LogP contribution in [0.2, 0.25) is 0 Å². The van der Waals surface area contributed by atoms with Gasteiger partial charge in [-0.05, 0) is 30.0 Å². The van der Waals surface area contributed by atoms with Crippen LogP contribution in [0.25, 0.3) is 0 Å². The number of hydroxylamine groups is 1. The number of carbonyl (C=O) groups excluding carboxylic acids is 1.